The second kappa shape index (κ2) is 4.81. The van der Waals surface area contributed by atoms with Crippen LogP contribution in [0.1, 0.15) is 43.7 Å². The molecule has 0 atom stereocenters. The van der Waals surface area contributed by atoms with Gasteiger partial charge >= 0.3 is 0 Å². The van der Waals surface area contributed by atoms with Crippen LogP contribution in [0.5, 0.6) is 11.5 Å². The first-order chi connectivity index (χ1) is 8.50. The van der Waals surface area contributed by atoms with E-state index >= 15 is 0 Å². The SMILES string of the molecule is COc1ccc(C(C)C)c(CC2(O)CC2)c1OC. The molecule has 1 aromatic carbocycles. The number of ether oxygens (including phenoxy) is 2. The van der Waals surface area contributed by atoms with Crippen molar-refractivity contribution < 1.29 is 14.6 Å². The maximum Gasteiger partial charge on any atom is 0.164 e. The number of hydrogen-bond acceptors (Lipinski definition) is 3. The molecular weight excluding hydrogens is 228 g/mol. The summed E-state index contributed by atoms with van der Waals surface area (Å²) >= 11 is 0. The summed E-state index contributed by atoms with van der Waals surface area (Å²) in [4.78, 5) is 0. The quantitative estimate of drug-likeness (QED) is 0.873. The van der Waals surface area contributed by atoms with Crippen LogP contribution in [-0.4, -0.2) is 24.9 Å². The molecule has 1 aromatic rings. The normalized spacial score (nSPS) is 16.8. The fourth-order valence-electron chi connectivity index (χ4n) is 2.38. The Balaban J connectivity index is 2.48. The zero-order valence-electron chi connectivity index (χ0n) is 11.6. The minimum atomic E-state index is -0.525. The lowest BCUT2D eigenvalue weighted by molar-refractivity contribution is 0.149. The topological polar surface area (TPSA) is 38.7 Å². The first-order valence-corrected chi connectivity index (χ1v) is 6.47. The molecule has 3 nitrogen and oxygen atoms in total. The van der Waals surface area contributed by atoms with E-state index in [-0.39, 0.29) is 0 Å². The molecule has 0 unspecified atom stereocenters. The van der Waals surface area contributed by atoms with E-state index < -0.39 is 5.60 Å². The highest BCUT2D eigenvalue weighted by molar-refractivity contribution is 5.52. The smallest absolute Gasteiger partial charge is 0.164 e. The van der Waals surface area contributed by atoms with E-state index in [2.05, 4.69) is 19.9 Å². The lowest BCUT2D eigenvalue weighted by atomic mass is 9.92. The van der Waals surface area contributed by atoms with Crippen LogP contribution in [0.25, 0.3) is 0 Å². The average Bonchev–Trinajstić information content (AvgIpc) is 3.05. The molecule has 0 radical (unpaired) electrons. The van der Waals surface area contributed by atoms with E-state index in [9.17, 15) is 5.11 Å². The number of rotatable bonds is 5. The Kier molecular flexibility index (Phi) is 3.53. The predicted octanol–water partition coefficient (Wildman–Crippen LogP) is 2.89. The second-order valence-electron chi connectivity index (χ2n) is 5.42. The van der Waals surface area contributed by atoms with Gasteiger partial charge in [0.05, 0.1) is 19.8 Å². The molecule has 2 rings (SSSR count). The lowest BCUT2D eigenvalue weighted by Gasteiger charge is -2.20. The second-order valence-corrected chi connectivity index (χ2v) is 5.42. The first kappa shape index (κ1) is 13.2. The molecule has 0 amide bonds. The number of benzene rings is 1. The van der Waals surface area contributed by atoms with Gasteiger partial charge < -0.3 is 14.6 Å². The molecule has 0 spiro atoms. The van der Waals surface area contributed by atoms with Crippen molar-refractivity contribution >= 4 is 0 Å². The Labute approximate surface area is 109 Å². The Morgan fingerprint density at radius 1 is 1.22 bits per heavy atom. The molecule has 0 aliphatic heterocycles. The van der Waals surface area contributed by atoms with Gasteiger partial charge in [-0.1, -0.05) is 19.9 Å². The molecule has 0 saturated heterocycles. The molecule has 18 heavy (non-hydrogen) atoms. The molecule has 1 aliphatic rings. The van der Waals surface area contributed by atoms with Crippen molar-refractivity contribution in [3.05, 3.63) is 23.3 Å². The van der Waals surface area contributed by atoms with Gasteiger partial charge in [0, 0.05) is 12.0 Å². The van der Waals surface area contributed by atoms with Crippen molar-refractivity contribution in [3.8, 4) is 11.5 Å². The first-order valence-electron chi connectivity index (χ1n) is 6.47. The van der Waals surface area contributed by atoms with Gasteiger partial charge in [0.25, 0.3) is 0 Å². The summed E-state index contributed by atoms with van der Waals surface area (Å²) in [5.41, 5.74) is 1.79. The van der Waals surface area contributed by atoms with Gasteiger partial charge in [0.15, 0.2) is 11.5 Å². The van der Waals surface area contributed by atoms with Crippen LogP contribution < -0.4 is 9.47 Å². The molecule has 0 heterocycles. The lowest BCUT2D eigenvalue weighted by Crippen LogP contribution is -2.14. The molecule has 0 bridgehead atoms. The summed E-state index contributed by atoms with van der Waals surface area (Å²) in [5.74, 6) is 1.91. The van der Waals surface area contributed by atoms with Gasteiger partial charge in [0.2, 0.25) is 0 Å². The molecule has 1 saturated carbocycles. The van der Waals surface area contributed by atoms with Crippen LogP contribution >= 0.6 is 0 Å². The molecule has 3 heteroatoms. The van der Waals surface area contributed by atoms with Crippen LogP contribution in [0.3, 0.4) is 0 Å². The van der Waals surface area contributed by atoms with E-state index in [1.807, 2.05) is 6.07 Å². The Morgan fingerprint density at radius 3 is 2.33 bits per heavy atom. The highest BCUT2D eigenvalue weighted by atomic mass is 16.5. The standard InChI is InChI=1S/C15H22O3/c1-10(2)11-5-6-13(17-3)14(18-4)12(11)9-15(16)7-8-15/h5-6,10,16H,7-9H2,1-4H3. The molecule has 0 aromatic heterocycles. The zero-order valence-corrected chi connectivity index (χ0v) is 11.6. The summed E-state index contributed by atoms with van der Waals surface area (Å²) < 4.78 is 10.8. The minimum absolute atomic E-state index is 0.405. The number of hydrogen-bond donors (Lipinski definition) is 1. The van der Waals surface area contributed by atoms with Crippen LogP contribution in [0.2, 0.25) is 0 Å². The number of methoxy groups -OCH3 is 2. The maximum atomic E-state index is 10.2. The summed E-state index contributed by atoms with van der Waals surface area (Å²) in [6.07, 6.45) is 2.41. The number of aliphatic hydroxyl groups is 1. The van der Waals surface area contributed by atoms with Crippen molar-refractivity contribution in [3.63, 3.8) is 0 Å². The summed E-state index contributed by atoms with van der Waals surface area (Å²) in [7, 11) is 3.30. The van der Waals surface area contributed by atoms with Crippen molar-refractivity contribution in [2.75, 3.05) is 14.2 Å². The van der Waals surface area contributed by atoms with Crippen molar-refractivity contribution in [2.24, 2.45) is 0 Å². The third kappa shape index (κ3) is 2.46. The van der Waals surface area contributed by atoms with Crippen LogP contribution in [0.15, 0.2) is 12.1 Å². The Hall–Kier alpha value is -1.22. The fourth-order valence-corrected chi connectivity index (χ4v) is 2.38. The average molecular weight is 250 g/mol. The van der Waals surface area contributed by atoms with Gasteiger partial charge in [-0.3, -0.25) is 0 Å². The highest BCUT2D eigenvalue weighted by Gasteiger charge is 2.41. The molecule has 1 fully saturated rings. The van der Waals surface area contributed by atoms with E-state index in [0.29, 0.717) is 12.3 Å². The summed E-state index contributed by atoms with van der Waals surface area (Å²) in [6.45, 7) is 4.31. The van der Waals surface area contributed by atoms with E-state index in [0.717, 1.165) is 29.9 Å². The van der Waals surface area contributed by atoms with Crippen LogP contribution in [0, 0.1) is 0 Å². The maximum absolute atomic E-state index is 10.2. The van der Waals surface area contributed by atoms with Gasteiger partial charge in [0.1, 0.15) is 0 Å². The van der Waals surface area contributed by atoms with Gasteiger partial charge in [-0.25, -0.2) is 0 Å². The minimum Gasteiger partial charge on any atom is -0.493 e. The predicted molar refractivity (Wildman–Crippen MR) is 71.5 cm³/mol. The van der Waals surface area contributed by atoms with Crippen LogP contribution in [0.4, 0.5) is 0 Å². The molecule has 100 valence electrons. The van der Waals surface area contributed by atoms with E-state index in [4.69, 9.17) is 9.47 Å². The highest BCUT2D eigenvalue weighted by Crippen LogP contribution is 2.44. The Bertz CT molecular complexity index is 434. The monoisotopic (exact) mass is 250 g/mol. The van der Waals surface area contributed by atoms with Gasteiger partial charge in [-0.15, -0.1) is 0 Å². The van der Waals surface area contributed by atoms with Crippen molar-refractivity contribution in [1.29, 1.82) is 0 Å². The van der Waals surface area contributed by atoms with Gasteiger partial charge in [-0.05, 0) is 30.4 Å². The molecular formula is C15H22O3. The summed E-state index contributed by atoms with van der Waals surface area (Å²) in [5, 5.41) is 10.2. The van der Waals surface area contributed by atoms with Gasteiger partial charge in [-0.2, -0.15) is 0 Å². The van der Waals surface area contributed by atoms with Crippen molar-refractivity contribution in [2.45, 2.75) is 44.6 Å². The molecule has 1 aliphatic carbocycles. The Morgan fingerprint density at radius 2 is 1.89 bits per heavy atom. The summed E-state index contributed by atoms with van der Waals surface area (Å²) in [6, 6.07) is 4.02. The fraction of sp³-hybridized carbons (Fsp3) is 0.600. The third-order valence-corrected chi connectivity index (χ3v) is 3.64. The van der Waals surface area contributed by atoms with Crippen LogP contribution in [-0.2, 0) is 6.42 Å². The third-order valence-electron chi connectivity index (χ3n) is 3.64. The van der Waals surface area contributed by atoms with E-state index in [1.54, 1.807) is 14.2 Å². The largest absolute Gasteiger partial charge is 0.493 e. The van der Waals surface area contributed by atoms with Crippen molar-refractivity contribution in [1.82, 2.24) is 0 Å². The molecule has 1 N–H and O–H groups in total. The zero-order chi connectivity index (χ0) is 13.3. The van der Waals surface area contributed by atoms with E-state index in [1.165, 1.54) is 5.56 Å².